The molecule has 6 heteroatoms. The number of rotatable bonds is 7. The van der Waals surface area contributed by atoms with Crippen LogP contribution in [0.1, 0.15) is 51.3 Å². The molecule has 2 aliphatic heterocycles. The van der Waals surface area contributed by atoms with Crippen LogP contribution in [0.4, 0.5) is 0 Å². The van der Waals surface area contributed by atoms with Crippen molar-refractivity contribution >= 4 is 28.7 Å². The molecule has 30 heavy (non-hydrogen) atoms. The minimum atomic E-state index is -0.537. The number of ether oxygens (including phenoxy) is 2. The van der Waals surface area contributed by atoms with E-state index in [-0.39, 0.29) is 12.5 Å². The predicted molar refractivity (Wildman–Crippen MR) is 120 cm³/mol. The molecule has 1 spiro atoms. The maximum Gasteiger partial charge on any atom is 0.230 e. The van der Waals surface area contributed by atoms with E-state index in [9.17, 15) is 0 Å². The van der Waals surface area contributed by atoms with E-state index in [0.29, 0.717) is 6.42 Å². The average Bonchev–Trinajstić information content (AvgIpc) is 3.56. The minimum absolute atomic E-state index is 0.0783. The second-order valence-corrected chi connectivity index (χ2v) is 9.69. The molecule has 0 radical (unpaired) electrons. The van der Waals surface area contributed by atoms with Crippen molar-refractivity contribution < 1.29 is 19.0 Å². The van der Waals surface area contributed by atoms with Gasteiger partial charge in [0.25, 0.3) is 0 Å². The largest absolute Gasteiger partial charge is 0.465 e. The second kappa shape index (κ2) is 8.55. The molecule has 0 bridgehead atoms. The lowest BCUT2D eigenvalue weighted by Crippen LogP contribution is -2.24. The summed E-state index contributed by atoms with van der Waals surface area (Å²) in [4.78, 5) is 3.64. The topological polar surface area (TPSA) is 51.8 Å². The van der Waals surface area contributed by atoms with Crippen molar-refractivity contribution in [3.63, 3.8) is 0 Å². The van der Waals surface area contributed by atoms with E-state index in [1.165, 1.54) is 9.75 Å². The molecule has 0 aliphatic carbocycles. The molecule has 0 saturated carbocycles. The Balaban J connectivity index is 1.40. The van der Waals surface area contributed by atoms with Crippen LogP contribution in [-0.4, -0.2) is 24.1 Å². The third-order valence-electron chi connectivity index (χ3n) is 5.40. The van der Waals surface area contributed by atoms with E-state index < -0.39 is 5.79 Å². The van der Waals surface area contributed by atoms with Crippen LogP contribution < -0.4 is 0 Å². The first-order valence-electron chi connectivity index (χ1n) is 10.3. The van der Waals surface area contributed by atoms with Gasteiger partial charge in [0, 0.05) is 34.1 Å². The summed E-state index contributed by atoms with van der Waals surface area (Å²) in [5, 5.41) is 11.2. The van der Waals surface area contributed by atoms with Crippen LogP contribution in [0.25, 0.3) is 6.08 Å². The van der Waals surface area contributed by atoms with Crippen LogP contribution in [0, 0.1) is 0 Å². The molecular formula is C24H24O4S2. The zero-order valence-corrected chi connectivity index (χ0v) is 18.2. The first kappa shape index (κ1) is 19.8. The van der Waals surface area contributed by atoms with Crippen molar-refractivity contribution in [2.75, 3.05) is 13.2 Å². The maximum absolute atomic E-state index is 9.09. The van der Waals surface area contributed by atoms with E-state index in [1.807, 2.05) is 18.2 Å². The highest BCUT2D eigenvalue weighted by Gasteiger charge is 2.38. The van der Waals surface area contributed by atoms with Crippen molar-refractivity contribution in [2.24, 2.45) is 0 Å². The third kappa shape index (κ3) is 4.05. The molecule has 3 aromatic heterocycles. The van der Waals surface area contributed by atoms with Crippen molar-refractivity contribution in [3.8, 4) is 0 Å². The Bertz CT molecular complexity index is 1040. The van der Waals surface area contributed by atoms with Crippen molar-refractivity contribution in [2.45, 2.75) is 37.4 Å². The highest BCUT2D eigenvalue weighted by atomic mass is 32.1. The standard InChI is InChI=1S/C24H24O4S2/c25-13-1-4-17-6-8-20(27-17)23(21-5-2-15-29-21)22-9-7-19(30-22)16-18-10-12-24(28-18)11-3-14-26-24/h2,5-10,12,15-16,23,25H,1,3-4,11,13-14H2/b18-16-. The van der Waals surface area contributed by atoms with Gasteiger partial charge < -0.3 is 19.0 Å². The lowest BCUT2D eigenvalue weighted by Gasteiger charge is -2.20. The minimum Gasteiger partial charge on any atom is -0.465 e. The molecule has 2 unspecified atom stereocenters. The van der Waals surface area contributed by atoms with Crippen molar-refractivity contribution in [1.82, 2.24) is 0 Å². The van der Waals surface area contributed by atoms with Gasteiger partial charge in [0.1, 0.15) is 17.3 Å². The molecule has 1 saturated heterocycles. The highest BCUT2D eigenvalue weighted by Crippen LogP contribution is 2.41. The quantitative estimate of drug-likeness (QED) is 0.494. The Morgan fingerprint density at radius 2 is 2.13 bits per heavy atom. The summed E-state index contributed by atoms with van der Waals surface area (Å²) in [6.45, 7) is 0.933. The normalized spacial score (nSPS) is 22.9. The van der Waals surface area contributed by atoms with E-state index in [0.717, 1.165) is 48.0 Å². The molecular weight excluding hydrogens is 416 g/mol. The monoisotopic (exact) mass is 440 g/mol. The maximum atomic E-state index is 9.09. The SMILES string of the molecule is OCCCc1ccc(C(c2cccs2)c2ccc(/C=C3/C=CC4(CCCO4)O3)s2)o1. The second-order valence-electron chi connectivity index (χ2n) is 7.57. The molecule has 1 N–H and O–H groups in total. The Kier molecular flexibility index (Phi) is 5.65. The number of hydrogen-bond acceptors (Lipinski definition) is 6. The van der Waals surface area contributed by atoms with E-state index in [4.69, 9.17) is 19.0 Å². The first-order valence-corrected chi connectivity index (χ1v) is 12.0. The van der Waals surface area contributed by atoms with Crippen LogP contribution in [0.15, 0.2) is 64.1 Å². The van der Waals surface area contributed by atoms with E-state index in [1.54, 1.807) is 22.7 Å². The van der Waals surface area contributed by atoms with Gasteiger partial charge in [0.2, 0.25) is 5.79 Å². The van der Waals surface area contributed by atoms with Gasteiger partial charge in [-0.15, -0.1) is 22.7 Å². The smallest absolute Gasteiger partial charge is 0.230 e. The van der Waals surface area contributed by atoms with Crippen LogP contribution in [0.3, 0.4) is 0 Å². The van der Waals surface area contributed by atoms with Crippen LogP contribution in [0.5, 0.6) is 0 Å². The van der Waals surface area contributed by atoms with Gasteiger partial charge in [-0.25, -0.2) is 0 Å². The number of aryl methyl sites for hydroxylation is 1. The van der Waals surface area contributed by atoms with Gasteiger partial charge in [-0.1, -0.05) is 6.07 Å². The number of aliphatic hydroxyl groups is 1. The fourth-order valence-corrected chi connectivity index (χ4v) is 5.96. The first-order chi connectivity index (χ1) is 14.7. The van der Waals surface area contributed by atoms with Gasteiger partial charge in [0.15, 0.2) is 0 Å². The average molecular weight is 441 g/mol. The Morgan fingerprint density at radius 1 is 1.17 bits per heavy atom. The fourth-order valence-electron chi connectivity index (χ4n) is 3.96. The van der Waals surface area contributed by atoms with Crippen molar-refractivity contribution in [3.05, 3.63) is 85.8 Å². The Morgan fingerprint density at radius 3 is 2.93 bits per heavy atom. The number of allylic oxidation sites excluding steroid dienone is 1. The van der Waals surface area contributed by atoms with Gasteiger partial charge in [-0.05, 0) is 66.8 Å². The molecule has 3 aromatic rings. The summed E-state index contributed by atoms with van der Waals surface area (Å²) in [7, 11) is 0. The summed E-state index contributed by atoms with van der Waals surface area (Å²) in [5.74, 6) is 2.26. The van der Waals surface area contributed by atoms with Gasteiger partial charge in [-0.3, -0.25) is 0 Å². The summed E-state index contributed by atoms with van der Waals surface area (Å²) in [6, 6.07) is 12.7. The van der Waals surface area contributed by atoms with Gasteiger partial charge in [0.05, 0.1) is 12.5 Å². The Hall–Kier alpha value is -2.12. The molecule has 0 aromatic carbocycles. The summed E-state index contributed by atoms with van der Waals surface area (Å²) < 4.78 is 18.0. The molecule has 2 aliphatic rings. The van der Waals surface area contributed by atoms with E-state index >= 15 is 0 Å². The van der Waals surface area contributed by atoms with Crippen LogP contribution in [-0.2, 0) is 15.9 Å². The van der Waals surface area contributed by atoms with E-state index in [2.05, 4.69) is 41.8 Å². The molecule has 5 heterocycles. The zero-order valence-electron chi connectivity index (χ0n) is 16.6. The third-order valence-corrected chi connectivity index (χ3v) is 7.43. The zero-order chi connectivity index (χ0) is 20.4. The molecule has 2 atom stereocenters. The summed E-state index contributed by atoms with van der Waals surface area (Å²) in [6.07, 6.45) is 9.55. The molecule has 5 rings (SSSR count). The number of aliphatic hydroxyl groups excluding tert-OH is 1. The van der Waals surface area contributed by atoms with Crippen LogP contribution in [0.2, 0.25) is 0 Å². The molecule has 1 fully saturated rings. The summed E-state index contributed by atoms with van der Waals surface area (Å²) >= 11 is 3.50. The van der Waals surface area contributed by atoms with Gasteiger partial charge >= 0.3 is 0 Å². The molecule has 156 valence electrons. The summed E-state index contributed by atoms with van der Waals surface area (Å²) in [5.41, 5.74) is 0. The lowest BCUT2D eigenvalue weighted by molar-refractivity contribution is -0.135. The number of thiophene rings is 2. The Labute approximate surface area is 184 Å². The van der Waals surface area contributed by atoms with Crippen molar-refractivity contribution in [1.29, 1.82) is 0 Å². The molecule has 4 nitrogen and oxygen atoms in total. The number of furan rings is 1. The van der Waals surface area contributed by atoms with Gasteiger partial charge in [-0.2, -0.15) is 0 Å². The number of hydrogen-bond donors (Lipinski definition) is 1. The predicted octanol–water partition coefficient (Wildman–Crippen LogP) is 5.94. The van der Waals surface area contributed by atoms with Crippen LogP contribution >= 0.6 is 22.7 Å². The highest BCUT2D eigenvalue weighted by molar-refractivity contribution is 7.13. The molecule has 0 amide bonds. The lowest BCUT2D eigenvalue weighted by atomic mass is 10.0. The fraction of sp³-hybridized carbons (Fsp3) is 0.333.